The lowest BCUT2D eigenvalue weighted by Crippen LogP contribution is -2.12. The average molecular weight is 341 g/mol. The maximum absolute atomic E-state index is 11.9. The highest BCUT2D eigenvalue weighted by atomic mass is 16.6. The maximum Gasteiger partial charge on any atom is 0.342 e. The van der Waals surface area contributed by atoms with Crippen molar-refractivity contribution in [2.75, 3.05) is 6.61 Å². The molecule has 0 heterocycles. The van der Waals surface area contributed by atoms with E-state index >= 15 is 0 Å². The normalized spacial score (nSPS) is 11.4. The number of benzene rings is 1. The molecular weight excluding hydrogens is 330 g/mol. The third-order valence-corrected chi connectivity index (χ3v) is 2.78. The number of allylic oxidation sites excluding steroid dienone is 1. The third-order valence-electron chi connectivity index (χ3n) is 2.78. The molecule has 0 fully saturated rings. The van der Waals surface area contributed by atoms with Gasteiger partial charge in [-0.15, -0.1) is 0 Å². The van der Waals surface area contributed by atoms with Gasteiger partial charge in [0.15, 0.2) is 0 Å². The zero-order chi connectivity index (χ0) is 18.6. The van der Waals surface area contributed by atoms with Crippen LogP contribution in [0.25, 0.3) is 5.57 Å². The fraction of sp³-hybridized carbons (Fsp3) is 0.250. The number of nitrogens with zero attached hydrogens (tertiary/aromatic N) is 3. The van der Waals surface area contributed by atoms with E-state index in [0.717, 1.165) is 6.92 Å². The largest absolute Gasteiger partial charge is 0.512 e. The molecular formula is C12H11N3O9. The molecule has 12 heteroatoms. The van der Waals surface area contributed by atoms with Crippen LogP contribution in [0, 0.1) is 30.3 Å². The molecule has 0 aliphatic carbocycles. The summed E-state index contributed by atoms with van der Waals surface area (Å²) < 4.78 is 4.63. The molecule has 1 rings (SSSR count). The van der Waals surface area contributed by atoms with Gasteiger partial charge in [0.25, 0.3) is 17.1 Å². The number of carbonyl (C=O) groups is 1. The first kappa shape index (κ1) is 18.5. The van der Waals surface area contributed by atoms with E-state index in [1.807, 2.05) is 0 Å². The molecule has 0 radical (unpaired) electrons. The molecule has 1 N–H and O–H groups in total. The summed E-state index contributed by atoms with van der Waals surface area (Å²) in [6, 6.07) is 0.926. The van der Waals surface area contributed by atoms with Gasteiger partial charge in [0, 0.05) is 0 Å². The highest BCUT2D eigenvalue weighted by Gasteiger charge is 2.36. The summed E-state index contributed by atoms with van der Waals surface area (Å²) in [5, 5.41) is 42.8. The summed E-state index contributed by atoms with van der Waals surface area (Å²) in [5.41, 5.74) is -4.74. The first-order chi connectivity index (χ1) is 11.1. The molecule has 1 aromatic rings. The lowest BCUT2D eigenvalue weighted by molar-refractivity contribution is -0.403. The van der Waals surface area contributed by atoms with E-state index in [1.165, 1.54) is 6.92 Å². The van der Waals surface area contributed by atoms with Crippen LogP contribution in [-0.4, -0.2) is 32.5 Å². The van der Waals surface area contributed by atoms with Crippen molar-refractivity contribution < 1.29 is 29.4 Å². The van der Waals surface area contributed by atoms with Gasteiger partial charge in [-0.1, -0.05) is 0 Å². The Hall–Kier alpha value is -3.57. The maximum atomic E-state index is 11.9. The zero-order valence-corrected chi connectivity index (χ0v) is 12.4. The lowest BCUT2D eigenvalue weighted by Gasteiger charge is -2.09. The molecule has 0 aliphatic heterocycles. The van der Waals surface area contributed by atoms with Gasteiger partial charge in [-0.25, -0.2) is 4.79 Å². The smallest absolute Gasteiger partial charge is 0.342 e. The van der Waals surface area contributed by atoms with Gasteiger partial charge < -0.3 is 9.84 Å². The van der Waals surface area contributed by atoms with Crippen LogP contribution in [0.1, 0.15) is 19.4 Å². The van der Waals surface area contributed by atoms with Crippen molar-refractivity contribution in [3.8, 4) is 0 Å². The number of nitro benzene ring substituents is 3. The molecule has 0 saturated carbocycles. The Morgan fingerprint density at radius 2 is 1.54 bits per heavy atom. The van der Waals surface area contributed by atoms with E-state index in [1.54, 1.807) is 0 Å². The number of hydrogen-bond acceptors (Lipinski definition) is 9. The lowest BCUT2D eigenvalue weighted by atomic mass is 9.99. The Bertz CT molecular complexity index is 730. The molecule has 0 aliphatic rings. The van der Waals surface area contributed by atoms with Gasteiger partial charge in [-0.05, 0) is 13.8 Å². The fourth-order valence-electron chi connectivity index (χ4n) is 1.88. The molecule has 0 atom stereocenters. The van der Waals surface area contributed by atoms with Crippen LogP contribution < -0.4 is 0 Å². The minimum absolute atomic E-state index is 0.163. The van der Waals surface area contributed by atoms with Crippen LogP contribution in [0.4, 0.5) is 17.1 Å². The van der Waals surface area contributed by atoms with Crippen molar-refractivity contribution in [3.05, 3.63) is 53.8 Å². The van der Waals surface area contributed by atoms with Crippen molar-refractivity contribution in [2.24, 2.45) is 0 Å². The van der Waals surface area contributed by atoms with Crippen molar-refractivity contribution in [2.45, 2.75) is 13.8 Å². The summed E-state index contributed by atoms with van der Waals surface area (Å²) in [5.74, 6) is -2.01. The van der Waals surface area contributed by atoms with E-state index in [-0.39, 0.29) is 6.61 Å². The number of ether oxygens (including phenoxy) is 1. The number of esters is 1. The van der Waals surface area contributed by atoms with Crippen molar-refractivity contribution in [1.82, 2.24) is 0 Å². The van der Waals surface area contributed by atoms with E-state index in [2.05, 4.69) is 4.74 Å². The first-order valence-corrected chi connectivity index (χ1v) is 6.30. The minimum atomic E-state index is -1.24. The second-order valence-electron chi connectivity index (χ2n) is 4.31. The van der Waals surface area contributed by atoms with Crippen LogP contribution in [0.3, 0.4) is 0 Å². The van der Waals surface area contributed by atoms with Crippen LogP contribution >= 0.6 is 0 Å². The molecule has 24 heavy (non-hydrogen) atoms. The van der Waals surface area contributed by atoms with Crippen molar-refractivity contribution in [1.29, 1.82) is 0 Å². The second kappa shape index (κ2) is 7.13. The molecule has 0 aromatic heterocycles. The third kappa shape index (κ3) is 3.60. The quantitative estimate of drug-likeness (QED) is 0.267. The van der Waals surface area contributed by atoms with Crippen molar-refractivity contribution in [3.63, 3.8) is 0 Å². The number of non-ortho nitro benzene ring substituents is 1. The van der Waals surface area contributed by atoms with E-state index < -0.39 is 54.7 Å². The molecule has 0 spiro atoms. The van der Waals surface area contributed by atoms with E-state index in [0.29, 0.717) is 12.1 Å². The van der Waals surface area contributed by atoms with Gasteiger partial charge in [0.05, 0.1) is 33.5 Å². The Morgan fingerprint density at radius 3 is 1.83 bits per heavy atom. The van der Waals surface area contributed by atoms with Crippen LogP contribution in [0.2, 0.25) is 0 Å². The Balaban J connectivity index is 3.93. The predicted octanol–water partition coefficient (Wildman–Crippen LogP) is 2.26. The summed E-state index contributed by atoms with van der Waals surface area (Å²) >= 11 is 0. The first-order valence-electron chi connectivity index (χ1n) is 6.30. The molecule has 1 aromatic carbocycles. The molecule has 0 unspecified atom stereocenters. The second-order valence-corrected chi connectivity index (χ2v) is 4.31. The Morgan fingerprint density at radius 1 is 1.08 bits per heavy atom. The molecule has 12 nitrogen and oxygen atoms in total. The highest BCUT2D eigenvalue weighted by molar-refractivity contribution is 6.19. The number of rotatable bonds is 6. The van der Waals surface area contributed by atoms with Gasteiger partial charge in [0.1, 0.15) is 16.9 Å². The Labute approximate surface area is 133 Å². The van der Waals surface area contributed by atoms with E-state index in [9.17, 15) is 40.2 Å². The summed E-state index contributed by atoms with van der Waals surface area (Å²) in [6.07, 6.45) is 0. The number of hydrogen-bond donors (Lipinski definition) is 1. The Kier molecular flexibility index (Phi) is 5.49. The molecule has 0 amide bonds. The minimum Gasteiger partial charge on any atom is -0.512 e. The summed E-state index contributed by atoms with van der Waals surface area (Å²) in [6.45, 7) is 2.23. The van der Waals surface area contributed by atoms with Gasteiger partial charge in [-0.2, -0.15) is 0 Å². The highest BCUT2D eigenvalue weighted by Crippen LogP contribution is 2.39. The topological polar surface area (TPSA) is 176 Å². The number of aliphatic hydroxyl groups excluding tert-OH is 1. The SMILES string of the molecule is CCOC(=O)/C(=C(/C)O)c1c([N+](=O)[O-])cc([N+](=O)[O-])cc1[N+](=O)[O-]. The molecule has 128 valence electrons. The van der Waals surface area contributed by atoms with Gasteiger partial charge in [0.2, 0.25) is 0 Å². The predicted molar refractivity (Wildman–Crippen MR) is 78.3 cm³/mol. The monoisotopic (exact) mass is 341 g/mol. The molecule has 0 saturated heterocycles. The zero-order valence-electron chi connectivity index (χ0n) is 12.4. The van der Waals surface area contributed by atoms with Crippen LogP contribution in [0.15, 0.2) is 17.9 Å². The number of nitro groups is 3. The number of aliphatic hydroxyl groups is 1. The van der Waals surface area contributed by atoms with E-state index in [4.69, 9.17) is 0 Å². The number of carbonyl (C=O) groups excluding carboxylic acids is 1. The summed E-state index contributed by atoms with van der Waals surface area (Å²) in [7, 11) is 0. The standard InChI is InChI=1S/C12H11N3O9/c1-3-24-12(17)10(6(2)16)11-8(14(20)21)4-7(13(18)19)5-9(11)15(22)23/h4-5,16H,3H2,1-2H3/b10-6-. The van der Waals surface area contributed by atoms with Crippen LogP contribution in [-0.2, 0) is 9.53 Å². The van der Waals surface area contributed by atoms with Gasteiger partial charge in [-0.3, -0.25) is 30.3 Å². The summed E-state index contributed by atoms with van der Waals surface area (Å²) in [4.78, 5) is 41.8. The molecule has 0 bridgehead atoms. The average Bonchev–Trinajstić information content (AvgIpc) is 2.46. The van der Waals surface area contributed by atoms with Crippen molar-refractivity contribution >= 4 is 28.6 Å². The fourth-order valence-corrected chi connectivity index (χ4v) is 1.88. The van der Waals surface area contributed by atoms with Crippen LogP contribution in [0.5, 0.6) is 0 Å². The van der Waals surface area contributed by atoms with Gasteiger partial charge >= 0.3 is 5.97 Å².